The quantitative estimate of drug-likeness (QED) is 0.872. The summed E-state index contributed by atoms with van der Waals surface area (Å²) in [7, 11) is 0. The molecule has 2 nitrogen and oxygen atoms in total. The van der Waals surface area contributed by atoms with E-state index in [9.17, 15) is 0 Å². The van der Waals surface area contributed by atoms with Crippen LogP contribution in [-0.4, -0.2) is 4.98 Å². The molecule has 1 aromatic carbocycles. The number of pyridine rings is 1. The third kappa shape index (κ3) is 4.15. The second-order valence-corrected chi connectivity index (χ2v) is 6.74. The molecule has 21 heavy (non-hydrogen) atoms. The van der Waals surface area contributed by atoms with E-state index in [4.69, 9.17) is 0 Å². The molecule has 112 valence electrons. The lowest BCUT2D eigenvalue weighted by Gasteiger charge is -2.22. The molecule has 0 fully saturated rings. The van der Waals surface area contributed by atoms with Gasteiger partial charge in [0.25, 0.3) is 0 Å². The van der Waals surface area contributed by atoms with Crippen molar-refractivity contribution < 1.29 is 0 Å². The van der Waals surface area contributed by atoms with Gasteiger partial charge in [-0.15, -0.1) is 0 Å². The summed E-state index contributed by atoms with van der Waals surface area (Å²) in [5.41, 5.74) is 3.97. The van der Waals surface area contributed by atoms with E-state index in [1.807, 2.05) is 18.3 Å². The molecule has 0 radical (unpaired) electrons. The lowest BCUT2D eigenvalue weighted by molar-refractivity contribution is 0.486. The lowest BCUT2D eigenvalue weighted by atomic mass is 9.86. The molecule has 2 heteroatoms. The topological polar surface area (TPSA) is 24.9 Å². The zero-order chi connectivity index (χ0) is 15.5. The summed E-state index contributed by atoms with van der Waals surface area (Å²) in [5.74, 6) is 0. The van der Waals surface area contributed by atoms with Crippen molar-refractivity contribution in [1.82, 2.24) is 10.3 Å². The van der Waals surface area contributed by atoms with Gasteiger partial charge in [0.15, 0.2) is 0 Å². The maximum Gasteiger partial charge on any atom is 0.0570 e. The van der Waals surface area contributed by atoms with Crippen molar-refractivity contribution in [2.45, 2.75) is 52.1 Å². The van der Waals surface area contributed by atoms with Crippen molar-refractivity contribution in [2.75, 3.05) is 0 Å². The summed E-state index contributed by atoms with van der Waals surface area (Å²) >= 11 is 0. The van der Waals surface area contributed by atoms with Gasteiger partial charge in [0.2, 0.25) is 0 Å². The Hall–Kier alpha value is -1.67. The molecule has 1 N–H and O–H groups in total. The second kappa shape index (κ2) is 6.40. The zero-order valence-corrected chi connectivity index (χ0v) is 13.7. The Kier molecular flexibility index (Phi) is 4.79. The van der Waals surface area contributed by atoms with Crippen LogP contribution >= 0.6 is 0 Å². The first kappa shape index (κ1) is 15.7. The average molecular weight is 282 g/mol. The Bertz CT molecular complexity index is 552. The summed E-state index contributed by atoms with van der Waals surface area (Å²) in [6.07, 6.45) is 1.84. The Balaban J connectivity index is 2.05. The first-order valence-electron chi connectivity index (χ1n) is 7.65. The van der Waals surface area contributed by atoms with Gasteiger partial charge < -0.3 is 5.32 Å². The van der Waals surface area contributed by atoms with Gasteiger partial charge in [-0.05, 0) is 42.5 Å². The fourth-order valence-corrected chi connectivity index (χ4v) is 2.46. The van der Waals surface area contributed by atoms with E-state index in [0.29, 0.717) is 6.04 Å². The van der Waals surface area contributed by atoms with Gasteiger partial charge in [-0.3, -0.25) is 4.98 Å². The van der Waals surface area contributed by atoms with Crippen molar-refractivity contribution in [2.24, 2.45) is 0 Å². The van der Waals surface area contributed by atoms with Crippen LogP contribution in [0, 0.1) is 0 Å². The molecule has 0 bridgehead atoms. The van der Waals surface area contributed by atoms with E-state index >= 15 is 0 Å². The van der Waals surface area contributed by atoms with Crippen molar-refractivity contribution in [3.8, 4) is 0 Å². The SMILES string of the molecule is CC(N[C@H](C)c1ccccn1)c1ccc(C(C)(C)C)cc1. The van der Waals surface area contributed by atoms with Gasteiger partial charge in [0.05, 0.1) is 5.69 Å². The molecule has 0 amide bonds. The molecule has 0 saturated carbocycles. The van der Waals surface area contributed by atoms with Gasteiger partial charge in [-0.2, -0.15) is 0 Å². The highest BCUT2D eigenvalue weighted by Gasteiger charge is 2.15. The molecular formula is C19H26N2. The molecule has 2 aromatic rings. The van der Waals surface area contributed by atoms with E-state index < -0.39 is 0 Å². The van der Waals surface area contributed by atoms with Crippen LogP contribution in [0.25, 0.3) is 0 Å². The maximum absolute atomic E-state index is 4.41. The Labute approximate surface area is 128 Å². The highest BCUT2D eigenvalue weighted by molar-refractivity contribution is 5.29. The summed E-state index contributed by atoms with van der Waals surface area (Å²) in [5, 5.41) is 3.61. The van der Waals surface area contributed by atoms with Crippen molar-refractivity contribution >= 4 is 0 Å². The average Bonchev–Trinajstić information content (AvgIpc) is 2.47. The number of benzene rings is 1. The molecule has 0 aliphatic carbocycles. The second-order valence-electron chi connectivity index (χ2n) is 6.74. The van der Waals surface area contributed by atoms with E-state index in [2.05, 4.69) is 75.3 Å². The first-order chi connectivity index (χ1) is 9.88. The predicted molar refractivity (Wildman–Crippen MR) is 89.3 cm³/mol. The summed E-state index contributed by atoms with van der Waals surface area (Å²) < 4.78 is 0. The maximum atomic E-state index is 4.41. The van der Waals surface area contributed by atoms with Crippen LogP contribution in [0.4, 0.5) is 0 Å². The molecule has 0 aliphatic rings. The highest BCUT2D eigenvalue weighted by atomic mass is 15.0. The number of nitrogens with zero attached hydrogens (tertiary/aromatic N) is 1. The largest absolute Gasteiger partial charge is 0.302 e. The minimum absolute atomic E-state index is 0.205. The van der Waals surface area contributed by atoms with Crippen LogP contribution in [0.1, 0.15) is 63.5 Å². The number of hydrogen-bond donors (Lipinski definition) is 1. The van der Waals surface area contributed by atoms with Gasteiger partial charge in [-0.25, -0.2) is 0 Å². The normalized spacial score (nSPS) is 14.7. The third-order valence-electron chi connectivity index (χ3n) is 3.91. The van der Waals surface area contributed by atoms with E-state index in [1.165, 1.54) is 11.1 Å². The molecular weight excluding hydrogens is 256 g/mol. The molecule has 2 atom stereocenters. The Morgan fingerprint density at radius 2 is 1.57 bits per heavy atom. The summed E-state index contributed by atoms with van der Waals surface area (Å²) in [4.78, 5) is 4.41. The number of hydrogen-bond acceptors (Lipinski definition) is 2. The van der Waals surface area contributed by atoms with Gasteiger partial charge in [0.1, 0.15) is 0 Å². The van der Waals surface area contributed by atoms with Crippen LogP contribution < -0.4 is 5.32 Å². The van der Waals surface area contributed by atoms with Crippen LogP contribution in [-0.2, 0) is 5.41 Å². The molecule has 0 aliphatic heterocycles. The van der Waals surface area contributed by atoms with E-state index in [-0.39, 0.29) is 11.5 Å². The van der Waals surface area contributed by atoms with Crippen LogP contribution in [0.5, 0.6) is 0 Å². The number of nitrogens with one attached hydrogen (secondary N) is 1. The molecule has 1 heterocycles. The molecule has 0 spiro atoms. The van der Waals surface area contributed by atoms with Gasteiger partial charge in [0, 0.05) is 18.3 Å². The van der Waals surface area contributed by atoms with Crippen LogP contribution in [0.3, 0.4) is 0 Å². The van der Waals surface area contributed by atoms with E-state index in [1.54, 1.807) is 0 Å². The number of rotatable bonds is 4. The number of aromatic nitrogens is 1. The highest BCUT2D eigenvalue weighted by Crippen LogP contribution is 2.24. The minimum atomic E-state index is 0.205. The molecule has 0 saturated heterocycles. The standard InChI is InChI=1S/C19H26N2/c1-14(21-15(2)18-8-6-7-13-20-18)16-9-11-17(12-10-16)19(3,4)5/h6-15,21H,1-5H3/t14?,15-/m1/s1. The first-order valence-corrected chi connectivity index (χ1v) is 7.65. The fraction of sp³-hybridized carbons (Fsp3) is 0.421. The summed E-state index contributed by atoms with van der Waals surface area (Å²) in [6.45, 7) is 11.1. The van der Waals surface area contributed by atoms with Gasteiger partial charge in [-0.1, -0.05) is 51.1 Å². The van der Waals surface area contributed by atoms with Crippen molar-refractivity contribution in [3.05, 3.63) is 65.5 Å². The van der Waals surface area contributed by atoms with Crippen LogP contribution in [0.15, 0.2) is 48.7 Å². The van der Waals surface area contributed by atoms with Gasteiger partial charge >= 0.3 is 0 Å². The van der Waals surface area contributed by atoms with Crippen LogP contribution in [0.2, 0.25) is 0 Å². The minimum Gasteiger partial charge on any atom is -0.302 e. The summed E-state index contributed by atoms with van der Waals surface area (Å²) in [6, 6.07) is 15.5. The fourth-order valence-electron chi connectivity index (χ4n) is 2.46. The van der Waals surface area contributed by atoms with Crippen molar-refractivity contribution in [3.63, 3.8) is 0 Å². The lowest BCUT2D eigenvalue weighted by Crippen LogP contribution is -2.23. The third-order valence-corrected chi connectivity index (χ3v) is 3.91. The molecule has 1 aromatic heterocycles. The monoisotopic (exact) mass is 282 g/mol. The Morgan fingerprint density at radius 3 is 2.10 bits per heavy atom. The zero-order valence-electron chi connectivity index (χ0n) is 13.7. The molecule has 2 rings (SSSR count). The predicted octanol–water partition coefficient (Wildman–Crippen LogP) is 4.79. The smallest absolute Gasteiger partial charge is 0.0570 e. The van der Waals surface area contributed by atoms with Crippen molar-refractivity contribution in [1.29, 1.82) is 0 Å². The Morgan fingerprint density at radius 1 is 0.905 bits per heavy atom. The van der Waals surface area contributed by atoms with E-state index in [0.717, 1.165) is 5.69 Å². The molecule has 1 unspecified atom stereocenters.